The molecule has 0 unspecified atom stereocenters. The van der Waals surface area contributed by atoms with E-state index in [1.165, 1.54) is 30.4 Å². The molecule has 4 nitrogen and oxygen atoms in total. The van der Waals surface area contributed by atoms with E-state index in [1.54, 1.807) is 12.4 Å². The lowest BCUT2D eigenvalue weighted by molar-refractivity contribution is -0.138. The smallest absolute Gasteiger partial charge is 0.225 e. The van der Waals surface area contributed by atoms with Crippen molar-refractivity contribution < 1.29 is 9.53 Å². The second kappa shape index (κ2) is 10.7. The van der Waals surface area contributed by atoms with E-state index in [4.69, 9.17) is 4.74 Å². The van der Waals surface area contributed by atoms with Crippen molar-refractivity contribution in [1.29, 1.82) is 0 Å². The summed E-state index contributed by atoms with van der Waals surface area (Å²) in [6.07, 6.45) is 13.0. The summed E-state index contributed by atoms with van der Waals surface area (Å²) >= 11 is 0. The zero-order valence-corrected chi connectivity index (χ0v) is 18.0. The maximum absolute atomic E-state index is 12.7. The van der Waals surface area contributed by atoms with Crippen LogP contribution in [0.5, 0.6) is 0 Å². The number of benzene rings is 1. The summed E-state index contributed by atoms with van der Waals surface area (Å²) < 4.78 is 5.81. The SMILES string of the molecule is O=C(C1CCCCC1)N1CCC(Cc2ccc(COCc3ccncc3)cc2)CC1. The van der Waals surface area contributed by atoms with Crippen LogP contribution in [0, 0.1) is 11.8 Å². The van der Waals surface area contributed by atoms with Crippen molar-refractivity contribution in [2.24, 2.45) is 11.8 Å². The number of nitrogens with zero attached hydrogens (tertiary/aromatic N) is 2. The average Bonchev–Trinajstić information content (AvgIpc) is 2.81. The van der Waals surface area contributed by atoms with Gasteiger partial charge in [0.1, 0.15) is 0 Å². The van der Waals surface area contributed by atoms with E-state index >= 15 is 0 Å². The molecule has 1 amide bonds. The van der Waals surface area contributed by atoms with Crippen molar-refractivity contribution in [1.82, 2.24) is 9.88 Å². The van der Waals surface area contributed by atoms with Crippen LogP contribution in [0.1, 0.15) is 61.6 Å². The number of hydrogen-bond acceptors (Lipinski definition) is 3. The number of piperidine rings is 1. The van der Waals surface area contributed by atoms with Gasteiger partial charge in [0.15, 0.2) is 0 Å². The fourth-order valence-electron chi connectivity index (χ4n) is 4.84. The molecule has 160 valence electrons. The third kappa shape index (κ3) is 5.91. The Bertz CT molecular complexity index is 776. The Hall–Kier alpha value is -2.20. The van der Waals surface area contributed by atoms with Gasteiger partial charge in [-0.25, -0.2) is 0 Å². The maximum atomic E-state index is 12.7. The largest absolute Gasteiger partial charge is 0.372 e. The van der Waals surface area contributed by atoms with Crippen LogP contribution in [-0.4, -0.2) is 28.9 Å². The molecule has 0 atom stereocenters. The first-order valence-electron chi connectivity index (χ1n) is 11.6. The second-order valence-corrected chi connectivity index (χ2v) is 8.97. The number of amides is 1. The lowest BCUT2D eigenvalue weighted by Gasteiger charge is -2.35. The van der Waals surface area contributed by atoms with E-state index in [0.29, 0.717) is 31.0 Å². The zero-order valence-electron chi connectivity index (χ0n) is 18.0. The Balaban J connectivity index is 1.18. The Kier molecular flexibility index (Phi) is 7.52. The number of ether oxygens (including phenoxy) is 1. The molecule has 2 aliphatic rings. The van der Waals surface area contributed by atoms with Crippen LogP contribution in [-0.2, 0) is 29.2 Å². The number of carbonyl (C=O) groups excluding carboxylic acids is 1. The molecule has 1 aliphatic heterocycles. The highest BCUT2D eigenvalue weighted by Gasteiger charge is 2.29. The van der Waals surface area contributed by atoms with E-state index < -0.39 is 0 Å². The van der Waals surface area contributed by atoms with Crippen LogP contribution >= 0.6 is 0 Å². The summed E-state index contributed by atoms with van der Waals surface area (Å²) in [7, 11) is 0. The monoisotopic (exact) mass is 406 g/mol. The number of carbonyl (C=O) groups is 1. The third-order valence-corrected chi connectivity index (χ3v) is 6.71. The van der Waals surface area contributed by atoms with Gasteiger partial charge in [-0.3, -0.25) is 9.78 Å². The van der Waals surface area contributed by atoms with Gasteiger partial charge in [-0.15, -0.1) is 0 Å². The molecule has 1 saturated carbocycles. The molecule has 0 radical (unpaired) electrons. The summed E-state index contributed by atoms with van der Waals surface area (Å²) in [5.41, 5.74) is 3.75. The number of pyridine rings is 1. The minimum atomic E-state index is 0.309. The molecule has 4 heteroatoms. The topological polar surface area (TPSA) is 42.4 Å². The molecule has 0 N–H and O–H groups in total. The fraction of sp³-hybridized carbons (Fsp3) is 0.538. The van der Waals surface area contributed by atoms with Gasteiger partial charge in [0.2, 0.25) is 5.91 Å². The average molecular weight is 407 g/mol. The molecular formula is C26H34N2O2. The quantitative estimate of drug-likeness (QED) is 0.638. The highest BCUT2D eigenvalue weighted by Crippen LogP contribution is 2.28. The minimum Gasteiger partial charge on any atom is -0.372 e. The molecular weight excluding hydrogens is 372 g/mol. The predicted octanol–water partition coefficient (Wildman–Crippen LogP) is 5.16. The predicted molar refractivity (Wildman–Crippen MR) is 119 cm³/mol. The first-order chi connectivity index (χ1) is 14.8. The maximum Gasteiger partial charge on any atom is 0.225 e. The lowest BCUT2D eigenvalue weighted by Crippen LogP contribution is -2.42. The van der Waals surface area contributed by atoms with Gasteiger partial charge < -0.3 is 9.64 Å². The van der Waals surface area contributed by atoms with Gasteiger partial charge in [0.25, 0.3) is 0 Å². The number of rotatable bonds is 7. The molecule has 2 aromatic rings. The molecule has 1 aromatic carbocycles. The summed E-state index contributed by atoms with van der Waals surface area (Å²) in [4.78, 5) is 18.9. The number of aromatic nitrogens is 1. The van der Waals surface area contributed by atoms with Gasteiger partial charge in [0.05, 0.1) is 13.2 Å². The molecule has 4 rings (SSSR count). The van der Waals surface area contributed by atoms with E-state index in [0.717, 1.165) is 50.8 Å². The molecule has 0 spiro atoms. The highest BCUT2D eigenvalue weighted by molar-refractivity contribution is 5.79. The van der Waals surface area contributed by atoms with Crippen LogP contribution in [0.4, 0.5) is 0 Å². The zero-order chi connectivity index (χ0) is 20.6. The van der Waals surface area contributed by atoms with Crippen LogP contribution in [0.3, 0.4) is 0 Å². The van der Waals surface area contributed by atoms with Crippen molar-refractivity contribution >= 4 is 5.91 Å². The molecule has 2 fully saturated rings. The molecule has 0 bridgehead atoms. The summed E-state index contributed by atoms with van der Waals surface area (Å²) in [5, 5.41) is 0. The number of likely N-dealkylation sites (tertiary alicyclic amines) is 1. The van der Waals surface area contributed by atoms with Gasteiger partial charge >= 0.3 is 0 Å². The van der Waals surface area contributed by atoms with Gasteiger partial charge in [-0.1, -0.05) is 43.5 Å². The van der Waals surface area contributed by atoms with E-state index in [-0.39, 0.29) is 0 Å². The van der Waals surface area contributed by atoms with E-state index in [2.05, 4.69) is 34.1 Å². The van der Waals surface area contributed by atoms with Crippen molar-refractivity contribution in [3.05, 3.63) is 65.5 Å². The Morgan fingerprint density at radius 2 is 1.43 bits per heavy atom. The van der Waals surface area contributed by atoms with Crippen LogP contribution in [0.15, 0.2) is 48.8 Å². The summed E-state index contributed by atoms with van der Waals surface area (Å²) in [6, 6.07) is 12.8. The van der Waals surface area contributed by atoms with Crippen molar-refractivity contribution in [3.8, 4) is 0 Å². The molecule has 2 heterocycles. The van der Waals surface area contributed by atoms with Crippen molar-refractivity contribution in [2.45, 2.75) is 64.6 Å². The molecule has 1 saturated heterocycles. The number of hydrogen-bond donors (Lipinski definition) is 0. The normalized spacial score (nSPS) is 18.5. The van der Waals surface area contributed by atoms with Crippen LogP contribution in [0.2, 0.25) is 0 Å². The lowest BCUT2D eigenvalue weighted by atomic mass is 9.86. The van der Waals surface area contributed by atoms with Gasteiger partial charge in [-0.05, 0) is 66.8 Å². The standard InChI is InChI=1S/C26H34N2O2/c29-26(25-4-2-1-3-5-25)28-16-12-22(13-17-28)18-21-6-8-23(9-7-21)19-30-20-24-10-14-27-15-11-24/h6-11,14-15,22,25H,1-5,12-13,16-20H2. The van der Waals surface area contributed by atoms with E-state index in [9.17, 15) is 4.79 Å². The van der Waals surface area contributed by atoms with Gasteiger partial charge in [0, 0.05) is 31.4 Å². The van der Waals surface area contributed by atoms with Crippen LogP contribution < -0.4 is 0 Å². The van der Waals surface area contributed by atoms with E-state index in [1.807, 2.05) is 12.1 Å². The molecule has 30 heavy (non-hydrogen) atoms. The Morgan fingerprint density at radius 3 is 2.10 bits per heavy atom. The molecule has 1 aliphatic carbocycles. The second-order valence-electron chi connectivity index (χ2n) is 8.97. The molecule has 1 aromatic heterocycles. The Morgan fingerprint density at radius 1 is 0.833 bits per heavy atom. The van der Waals surface area contributed by atoms with Crippen molar-refractivity contribution in [2.75, 3.05) is 13.1 Å². The summed E-state index contributed by atoms with van der Waals surface area (Å²) in [5.74, 6) is 1.43. The fourth-order valence-corrected chi connectivity index (χ4v) is 4.84. The van der Waals surface area contributed by atoms with Gasteiger partial charge in [-0.2, -0.15) is 0 Å². The van der Waals surface area contributed by atoms with Crippen LogP contribution in [0.25, 0.3) is 0 Å². The first kappa shape index (κ1) is 21.0. The first-order valence-corrected chi connectivity index (χ1v) is 11.6. The Labute approximate surface area is 180 Å². The van der Waals surface area contributed by atoms with Crippen molar-refractivity contribution in [3.63, 3.8) is 0 Å². The third-order valence-electron chi connectivity index (χ3n) is 6.71. The summed E-state index contributed by atoms with van der Waals surface area (Å²) in [6.45, 7) is 3.13. The minimum absolute atomic E-state index is 0.309. The highest BCUT2D eigenvalue weighted by atomic mass is 16.5.